The molecule has 0 aromatic heterocycles. The lowest BCUT2D eigenvalue weighted by atomic mass is 10.6. The second-order valence-electron chi connectivity index (χ2n) is 1.72. The molecule has 9 heteroatoms. The normalized spacial score (nSPS) is 9.36. The topological polar surface area (TPSA) is 141 Å². The summed E-state index contributed by atoms with van der Waals surface area (Å²) in [6, 6.07) is 0. The van der Waals surface area contributed by atoms with Crippen LogP contribution in [0.1, 0.15) is 0 Å². The van der Waals surface area contributed by atoms with Gasteiger partial charge < -0.3 is 24.5 Å². The number of esters is 1. The van der Waals surface area contributed by atoms with Crippen LogP contribution in [0, 0.1) is 0 Å². The first-order valence-corrected chi connectivity index (χ1v) is 4.52. The fourth-order valence-corrected chi connectivity index (χ4v) is 0.192. The molecule has 0 aliphatic rings. The Morgan fingerprint density at radius 3 is 1.93 bits per heavy atom. The monoisotopic (exact) mass is 228 g/mol. The molecular weight excluding hydrogens is 219 g/mol. The molecule has 0 aliphatic heterocycles. The van der Waals surface area contributed by atoms with E-state index in [0.29, 0.717) is 0 Å². The quantitative estimate of drug-likeness (QED) is 0.270. The lowest BCUT2D eigenvalue weighted by Gasteiger charge is -1.93. The van der Waals surface area contributed by atoms with Crippen molar-refractivity contribution in [3.63, 3.8) is 0 Å². The molecule has 0 heterocycles. The van der Waals surface area contributed by atoms with Gasteiger partial charge in [-0.05, 0) is 0 Å². The molecule has 0 amide bonds. The third-order valence-electron chi connectivity index (χ3n) is 0.505. The molecule has 0 rings (SSSR count). The molecule has 0 atom stereocenters. The lowest BCUT2D eigenvalue weighted by Crippen LogP contribution is -2.10. The number of carboxylic acid groups (broad SMARTS) is 1. The maximum Gasteiger partial charge on any atom is 0.466 e. The molecule has 0 aliphatic carbocycles. The summed E-state index contributed by atoms with van der Waals surface area (Å²) in [4.78, 5) is 41.4. The summed E-state index contributed by atoms with van der Waals surface area (Å²) < 4.78 is 13.0. The van der Waals surface area contributed by atoms with Crippen molar-refractivity contribution in [3.8, 4) is 0 Å². The van der Waals surface area contributed by atoms with Crippen LogP contribution in [0.2, 0.25) is 0 Å². The zero-order chi connectivity index (χ0) is 11.8. The summed E-state index contributed by atoms with van der Waals surface area (Å²) >= 11 is 0. The van der Waals surface area contributed by atoms with Crippen LogP contribution in [0.5, 0.6) is 0 Å². The Kier molecular flexibility index (Phi) is 7.87. The van der Waals surface area contributed by atoms with Crippen LogP contribution in [0.25, 0.3) is 0 Å². The summed E-state index contributed by atoms with van der Waals surface area (Å²) in [7, 11) is -4.64. The van der Waals surface area contributed by atoms with Gasteiger partial charge in [0, 0.05) is 6.08 Å². The number of carbonyl (C=O) groups excluding carboxylic acids is 1. The molecule has 0 aromatic rings. The van der Waals surface area contributed by atoms with Crippen molar-refractivity contribution in [2.75, 3.05) is 6.61 Å². The van der Waals surface area contributed by atoms with E-state index >= 15 is 0 Å². The highest BCUT2D eigenvalue weighted by atomic mass is 31.2. The van der Waals surface area contributed by atoms with Crippen LogP contribution in [0.15, 0.2) is 12.7 Å². The van der Waals surface area contributed by atoms with Gasteiger partial charge in [-0.2, -0.15) is 0 Å². The van der Waals surface area contributed by atoms with Crippen molar-refractivity contribution < 1.29 is 38.7 Å². The molecule has 0 spiro atoms. The maximum atomic E-state index is 10.1. The zero-order valence-electron chi connectivity index (χ0n) is 6.86. The number of carbonyl (C=O) groups is 2. The summed E-state index contributed by atoms with van der Waals surface area (Å²) in [5.74, 6) is -1.90. The van der Waals surface area contributed by atoms with Gasteiger partial charge in [-0.25, -0.2) is 14.2 Å². The van der Waals surface area contributed by atoms with Gasteiger partial charge >= 0.3 is 19.8 Å². The van der Waals surface area contributed by atoms with Gasteiger partial charge in [-0.15, -0.1) is 0 Å². The van der Waals surface area contributed by atoms with Crippen molar-refractivity contribution >= 4 is 19.8 Å². The largest absolute Gasteiger partial charge is 0.479 e. The Hall–Kier alpha value is -1.21. The fourth-order valence-electron chi connectivity index (χ4n) is 0.192. The highest BCUT2D eigenvalue weighted by Crippen LogP contribution is 2.25. The smallest absolute Gasteiger partial charge is 0.466 e. The number of carboxylic acids is 1. The van der Waals surface area contributed by atoms with Gasteiger partial charge in [0.05, 0.1) is 0 Å². The molecule has 4 N–H and O–H groups in total. The average Bonchev–Trinajstić information content (AvgIpc) is 1.96. The molecular formula is C5H9O8P. The minimum Gasteiger partial charge on any atom is -0.479 e. The SMILES string of the molecule is C=CC(=O)OCC(=O)O.O=P(O)(O)O. The molecule has 0 saturated carbocycles. The second-order valence-corrected chi connectivity index (χ2v) is 2.75. The van der Waals surface area contributed by atoms with E-state index in [9.17, 15) is 9.59 Å². The van der Waals surface area contributed by atoms with Gasteiger partial charge in [0.1, 0.15) is 0 Å². The maximum absolute atomic E-state index is 10.1. The molecule has 0 fully saturated rings. The van der Waals surface area contributed by atoms with E-state index in [1.54, 1.807) is 0 Å². The van der Waals surface area contributed by atoms with E-state index < -0.39 is 26.4 Å². The Balaban J connectivity index is 0. The predicted octanol–water partition coefficient (Wildman–Crippen LogP) is -1.13. The molecule has 14 heavy (non-hydrogen) atoms. The number of hydrogen-bond donors (Lipinski definition) is 4. The fraction of sp³-hybridized carbons (Fsp3) is 0.200. The van der Waals surface area contributed by atoms with E-state index in [0.717, 1.165) is 6.08 Å². The first-order chi connectivity index (χ1) is 6.16. The molecule has 0 bridgehead atoms. The van der Waals surface area contributed by atoms with Gasteiger partial charge in [0.15, 0.2) is 6.61 Å². The molecule has 0 unspecified atom stereocenters. The number of rotatable bonds is 3. The first kappa shape index (κ1) is 15.3. The number of phosphoric acid groups is 1. The highest BCUT2D eigenvalue weighted by Gasteiger charge is 2.00. The molecule has 0 aromatic carbocycles. The van der Waals surface area contributed by atoms with Gasteiger partial charge in [0.25, 0.3) is 0 Å². The summed E-state index contributed by atoms with van der Waals surface area (Å²) in [6.45, 7) is 2.46. The van der Waals surface area contributed by atoms with E-state index in [1.165, 1.54) is 0 Å². The Morgan fingerprint density at radius 1 is 1.36 bits per heavy atom. The number of ether oxygens (including phenoxy) is 1. The van der Waals surface area contributed by atoms with Gasteiger partial charge in [-0.1, -0.05) is 6.58 Å². The summed E-state index contributed by atoms with van der Waals surface area (Å²) in [6.07, 6.45) is 0.906. The molecule has 8 nitrogen and oxygen atoms in total. The van der Waals surface area contributed by atoms with E-state index in [1.807, 2.05) is 0 Å². The minimum atomic E-state index is -4.64. The van der Waals surface area contributed by atoms with Crippen molar-refractivity contribution in [3.05, 3.63) is 12.7 Å². The van der Waals surface area contributed by atoms with Gasteiger partial charge in [-0.3, -0.25) is 0 Å². The Morgan fingerprint density at radius 2 is 1.71 bits per heavy atom. The molecule has 0 saturated heterocycles. The van der Waals surface area contributed by atoms with Crippen LogP contribution in [0.3, 0.4) is 0 Å². The standard InChI is InChI=1S/C5H6O4.H3O4P/c1-2-5(8)9-3-4(6)7;1-5(2,3)4/h2H,1,3H2,(H,6,7);(H3,1,2,3,4). The Bertz CT molecular complexity index is 244. The first-order valence-electron chi connectivity index (χ1n) is 2.96. The third-order valence-corrected chi connectivity index (χ3v) is 0.505. The lowest BCUT2D eigenvalue weighted by molar-refractivity contribution is -0.151. The average molecular weight is 228 g/mol. The van der Waals surface area contributed by atoms with Crippen LogP contribution < -0.4 is 0 Å². The Labute approximate surface area is 78.7 Å². The zero-order valence-corrected chi connectivity index (χ0v) is 7.76. The van der Waals surface area contributed by atoms with E-state index in [-0.39, 0.29) is 0 Å². The van der Waals surface area contributed by atoms with E-state index in [4.69, 9.17) is 24.4 Å². The minimum absolute atomic E-state index is 0.606. The second kappa shape index (κ2) is 7.22. The number of aliphatic carboxylic acids is 1. The van der Waals surface area contributed by atoms with Gasteiger partial charge in [0.2, 0.25) is 0 Å². The summed E-state index contributed by atoms with van der Waals surface area (Å²) in [5.41, 5.74) is 0. The van der Waals surface area contributed by atoms with Crippen molar-refractivity contribution in [2.45, 2.75) is 0 Å². The molecule has 82 valence electrons. The number of hydrogen-bond acceptors (Lipinski definition) is 4. The van der Waals surface area contributed by atoms with Crippen molar-refractivity contribution in [2.24, 2.45) is 0 Å². The molecule has 0 radical (unpaired) electrons. The highest BCUT2D eigenvalue weighted by molar-refractivity contribution is 7.45. The predicted molar refractivity (Wildman–Crippen MR) is 43.1 cm³/mol. The van der Waals surface area contributed by atoms with E-state index in [2.05, 4.69) is 11.3 Å². The van der Waals surface area contributed by atoms with Crippen LogP contribution in [-0.4, -0.2) is 38.3 Å². The van der Waals surface area contributed by atoms with Crippen molar-refractivity contribution in [1.29, 1.82) is 0 Å². The van der Waals surface area contributed by atoms with Crippen LogP contribution in [-0.2, 0) is 18.9 Å². The third kappa shape index (κ3) is 30.8. The van der Waals surface area contributed by atoms with Crippen LogP contribution >= 0.6 is 7.82 Å². The van der Waals surface area contributed by atoms with Crippen molar-refractivity contribution in [1.82, 2.24) is 0 Å². The van der Waals surface area contributed by atoms with Crippen LogP contribution in [0.4, 0.5) is 0 Å². The summed E-state index contributed by atoms with van der Waals surface area (Å²) in [5, 5.41) is 7.95.